The topological polar surface area (TPSA) is 92.3 Å². The quantitative estimate of drug-likeness (QED) is 0.615. The van der Waals surface area contributed by atoms with Gasteiger partial charge in [0.1, 0.15) is 11.8 Å². The number of carbonyl (C=O) groups is 2. The van der Waals surface area contributed by atoms with Crippen LogP contribution in [0.5, 0.6) is 0 Å². The standard InChI is InChI=1S/C21H16N2O4S/c22-12-15-6-1-3-9-18(15)28-19-10-4-2-8-17(19)21(25)27-14-20(24)23-13-16-7-5-11-26-16/h1-11H,13-14H2,(H,23,24). The molecule has 0 atom stereocenters. The van der Waals surface area contributed by atoms with Gasteiger partial charge < -0.3 is 14.5 Å². The van der Waals surface area contributed by atoms with Crippen LogP contribution < -0.4 is 5.32 Å². The summed E-state index contributed by atoms with van der Waals surface area (Å²) < 4.78 is 10.3. The highest BCUT2D eigenvalue weighted by Gasteiger charge is 2.16. The third-order valence-corrected chi connectivity index (χ3v) is 4.86. The molecule has 0 bridgehead atoms. The Morgan fingerprint density at radius 1 is 1.04 bits per heavy atom. The lowest BCUT2D eigenvalue weighted by atomic mass is 10.2. The van der Waals surface area contributed by atoms with Crippen molar-refractivity contribution in [2.24, 2.45) is 0 Å². The molecule has 0 saturated carbocycles. The van der Waals surface area contributed by atoms with Gasteiger partial charge in [-0.1, -0.05) is 36.0 Å². The largest absolute Gasteiger partial charge is 0.467 e. The van der Waals surface area contributed by atoms with Crippen molar-refractivity contribution >= 4 is 23.6 Å². The number of hydrogen-bond donors (Lipinski definition) is 1. The number of amides is 1. The van der Waals surface area contributed by atoms with Gasteiger partial charge in [0.15, 0.2) is 6.61 Å². The van der Waals surface area contributed by atoms with E-state index < -0.39 is 18.5 Å². The molecule has 0 aliphatic carbocycles. The first-order chi connectivity index (χ1) is 13.7. The summed E-state index contributed by atoms with van der Waals surface area (Å²) in [6, 6.07) is 19.6. The van der Waals surface area contributed by atoms with Crippen molar-refractivity contribution in [2.45, 2.75) is 16.3 Å². The van der Waals surface area contributed by atoms with Crippen molar-refractivity contribution in [3.8, 4) is 6.07 Å². The van der Waals surface area contributed by atoms with Crippen LogP contribution in [-0.2, 0) is 16.1 Å². The molecule has 1 N–H and O–H groups in total. The number of nitriles is 1. The van der Waals surface area contributed by atoms with E-state index in [0.717, 1.165) is 4.90 Å². The molecule has 0 aliphatic rings. The van der Waals surface area contributed by atoms with Crippen molar-refractivity contribution in [3.63, 3.8) is 0 Å². The smallest absolute Gasteiger partial charge is 0.339 e. The maximum atomic E-state index is 12.4. The van der Waals surface area contributed by atoms with E-state index in [1.54, 1.807) is 48.5 Å². The van der Waals surface area contributed by atoms with Gasteiger partial charge in [-0.2, -0.15) is 5.26 Å². The minimum atomic E-state index is -0.606. The van der Waals surface area contributed by atoms with E-state index in [0.29, 0.717) is 21.8 Å². The van der Waals surface area contributed by atoms with Crippen LogP contribution >= 0.6 is 11.8 Å². The monoisotopic (exact) mass is 392 g/mol. The van der Waals surface area contributed by atoms with E-state index in [1.807, 2.05) is 12.1 Å². The summed E-state index contributed by atoms with van der Waals surface area (Å²) in [6.45, 7) is -0.173. The third-order valence-electron chi connectivity index (χ3n) is 3.71. The van der Waals surface area contributed by atoms with Gasteiger partial charge in [0.25, 0.3) is 5.91 Å². The van der Waals surface area contributed by atoms with Crippen LogP contribution in [0.15, 0.2) is 81.1 Å². The van der Waals surface area contributed by atoms with Crippen LogP contribution in [0.1, 0.15) is 21.7 Å². The average Bonchev–Trinajstić information content (AvgIpc) is 3.25. The van der Waals surface area contributed by atoms with E-state index in [9.17, 15) is 14.9 Å². The van der Waals surface area contributed by atoms with E-state index >= 15 is 0 Å². The molecular formula is C21H16N2O4S. The van der Waals surface area contributed by atoms with E-state index in [1.165, 1.54) is 18.0 Å². The Balaban J connectivity index is 1.62. The van der Waals surface area contributed by atoms with E-state index in [-0.39, 0.29) is 6.54 Å². The predicted octanol–water partition coefficient (Wildman–Crippen LogP) is 3.78. The summed E-state index contributed by atoms with van der Waals surface area (Å²) in [5.41, 5.74) is 0.854. The molecule has 140 valence electrons. The van der Waals surface area contributed by atoms with E-state index in [2.05, 4.69) is 11.4 Å². The number of hydrogen-bond acceptors (Lipinski definition) is 6. The number of nitrogens with one attached hydrogen (secondary N) is 1. The average molecular weight is 392 g/mol. The van der Waals surface area contributed by atoms with Crippen molar-refractivity contribution in [1.29, 1.82) is 5.26 Å². The molecule has 0 fully saturated rings. The highest BCUT2D eigenvalue weighted by molar-refractivity contribution is 7.99. The summed E-state index contributed by atoms with van der Waals surface area (Å²) in [4.78, 5) is 25.7. The molecule has 1 heterocycles. The van der Waals surface area contributed by atoms with Crippen LogP contribution in [0.3, 0.4) is 0 Å². The number of esters is 1. The lowest BCUT2D eigenvalue weighted by molar-refractivity contribution is -0.124. The SMILES string of the molecule is N#Cc1ccccc1Sc1ccccc1C(=O)OCC(=O)NCc1ccco1. The van der Waals surface area contributed by atoms with Gasteiger partial charge in [-0.05, 0) is 36.4 Å². The normalized spacial score (nSPS) is 10.1. The minimum Gasteiger partial charge on any atom is -0.467 e. The maximum Gasteiger partial charge on any atom is 0.339 e. The molecular weight excluding hydrogens is 376 g/mol. The summed E-state index contributed by atoms with van der Waals surface area (Å²) in [6.07, 6.45) is 1.51. The molecule has 0 aliphatic heterocycles. The molecule has 3 aromatic rings. The van der Waals surface area contributed by atoms with Gasteiger partial charge in [-0.3, -0.25) is 4.79 Å². The van der Waals surface area contributed by atoms with Gasteiger partial charge in [-0.15, -0.1) is 0 Å². The number of benzene rings is 2. The fourth-order valence-electron chi connectivity index (χ4n) is 2.35. The van der Waals surface area contributed by atoms with Crippen LogP contribution in [0.25, 0.3) is 0 Å². The molecule has 0 unspecified atom stereocenters. The first kappa shape index (κ1) is 19.3. The highest BCUT2D eigenvalue weighted by atomic mass is 32.2. The second kappa shape index (κ2) is 9.44. The molecule has 6 nitrogen and oxygen atoms in total. The number of furan rings is 1. The maximum absolute atomic E-state index is 12.4. The van der Waals surface area contributed by atoms with Crippen molar-refractivity contribution in [1.82, 2.24) is 5.32 Å². The minimum absolute atomic E-state index is 0.223. The van der Waals surface area contributed by atoms with Gasteiger partial charge in [0.2, 0.25) is 0 Å². The summed E-state index contributed by atoms with van der Waals surface area (Å²) in [5, 5.41) is 11.8. The Bertz CT molecular complexity index is 1010. The molecule has 2 aromatic carbocycles. The third kappa shape index (κ3) is 5.02. The van der Waals surface area contributed by atoms with Crippen LogP contribution in [0, 0.1) is 11.3 Å². The van der Waals surface area contributed by atoms with Crippen molar-refractivity contribution in [2.75, 3.05) is 6.61 Å². The first-order valence-electron chi connectivity index (χ1n) is 8.39. The zero-order valence-corrected chi connectivity index (χ0v) is 15.6. The van der Waals surface area contributed by atoms with Crippen LogP contribution in [-0.4, -0.2) is 18.5 Å². The molecule has 1 aromatic heterocycles. The number of rotatable bonds is 7. The molecule has 0 saturated heterocycles. The molecule has 3 rings (SSSR count). The summed E-state index contributed by atoms with van der Waals surface area (Å²) in [5.74, 6) is -0.423. The lowest BCUT2D eigenvalue weighted by Gasteiger charge is -2.10. The van der Waals surface area contributed by atoms with E-state index in [4.69, 9.17) is 9.15 Å². The fraction of sp³-hybridized carbons (Fsp3) is 0.0952. The van der Waals surface area contributed by atoms with Gasteiger partial charge >= 0.3 is 5.97 Å². The second-order valence-electron chi connectivity index (χ2n) is 5.64. The number of ether oxygens (including phenoxy) is 1. The Morgan fingerprint density at radius 2 is 1.79 bits per heavy atom. The van der Waals surface area contributed by atoms with Crippen molar-refractivity contribution in [3.05, 3.63) is 83.8 Å². The van der Waals surface area contributed by atoms with Crippen molar-refractivity contribution < 1.29 is 18.7 Å². The van der Waals surface area contributed by atoms with Crippen LogP contribution in [0.2, 0.25) is 0 Å². The molecule has 1 amide bonds. The van der Waals surface area contributed by atoms with Crippen LogP contribution in [0.4, 0.5) is 0 Å². The number of carbonyl (C=O) groups excluding carboxylic acids is 2. The Hall–Kier alpha value is -3.50. The first-order valence-corrected chi connectivity index (χ1v) is 9.21. The predicted molar refractivity (Wildman–Crippen MR) is 103 cm³/mol. The fourth-order valence-corrected chi connectivity index (χ4v) is 3.36. The Morgan fingerprint density at radius 3 is 2.54 bits per heavy atom. The summed E-state index contributed by atoms with van der Waals surface area (Å²) >= 11 is 1.30. The van der Waals surface area contributed by atoms with Gasteiger partial charge in [0.05, 0.1) is 23.9 Å². The second-order valence-corrected chi connectivity index (χ2v) is 6.72. The molecule has 0 spiro atoms. The molecule has 7 heteroatoms. The Kier molecular flexibility index (Phi) is 6.50. The molecule has 0 radical (unpaired) electrons. The van der Waals surface area contributed by atoms with Gasteiger partial charge in [0, 0.05) is 9.79 Å². The zero-order chi connectivity index (χ0) is 19.8. The lowest BCUT2D eigenvalue weighted by Crippen LogP contribution is -2.28. The highest BCUT2D eigenvalue weighted by Crippen LogP contribution is 2.32. The zero-order valence-electron chi connectivity index (χ0n) is 14.8. The van der Waals surface area contributed by atoms with Gasteiger partial charge in [-0.25, -0.2) is 4.79 Å². The summed E-state index contributed by atoms with van der Waals surface area (Å²) in [7, 11) is 0. The molecule has 28 heavy (non-hydrogen) atoms. The Labute approximate surface area is 166 Å². The number of nitrogens with zero attached hydrogens (tertiary/aromatic N) is 1.